The lowest BCUT2D eigenvalue weighted by Crippen LogP contribution is -2.48. The molecule has 4 rings (SSSR count). The number of hydrogen-bond acceptors (Lipinski definition) is 6. The van der Waals surface area contributed by atoms with Crippen molar-refractivity contribution in [1.82, 2.24) is 15.1 Å². The first-order chi connectivity index (χ1) is 13.6. The minimum atomic E-state index is -0.206. The molecule has 2 atom stereocenters. The summed E-state index contributed by atoms with van der Waals surface area (Å²) in [6, 6.07) is 8.66. The highest BCUT2D eigenvalue weighted by molar-refractivity contribution is 6.00. The van der Waals surface area contributed by atoms with Gasteiger partial charge in [-0.05, 0) is 37.1 Å². The van der Waals surface area contributed by atoms with Crippen molar-refractivity contribution in [1.29, 1.82) is 0 Å². The van der Waals surface area contributed by atoms with E-state index in [4.69, 9.17) is 5.73 Å². The van der Waals surface area contributed by atoms with E-state index < -0.39 is 0 Å². The molecule has 1 unspecified atom stereocenters. The van der Waals surface area contributed by atoms with Gasteiger partial charge < -0.3 is 15.5 Å². The molecule has 0 saturated carbocycles. The van der Waals surface area contributed by atoms with Crippen LogP contribution in [0.15, 0.2) is 24.3 Å². The number of imide groups is 1. The van der Waals surface area contributed by atoms with Gasteiger partial charge in [0.15, 0.2) is 0 Å². The number of anilines is 1. The SMILES string of the molecule is N[C@@H]1CCN(CCN2CCN(c3ccc(C4CCC(=O)NC4=O)cc3)CC2)C1. The fourth-order valence-corrected chi connectivity index (χ4v) is 4.51. The molecule has 3 saturated heterocycles. The second kappa shape index (κ2) is 8.59. The zero-order chi connectivity index (χ0) is 19.5. The molecule has 7 heteroatoms. The largest absolute Gasteiger partial charge is 0.369 e. The van der Waals surface area contributed by atoms with Crippen LogP contribution in [0.25, 0.3) is 0 Å². The van der Waals surface area contributed by atoms with Crippen LogP contribution >= 0.6 is 0 Å². The Morgan fingerprint density at radius 3 is 2.29 bits per heavy atom. The number of likely N-dealkylation sites (tertiary alicyclic amines) is 1. The van der Waals surface area contributed by atoms with Crippen molar-refractivity contribution < 1.29 is 9.59 Å². The molecule has 3 aliphatic rings. The van der Waals surface area contributed by atoms with Gasteiger partial charge in [-0.15, -0.1) is 0 Å². The van der Waals surface area contributed by atoms with Gasteiger partial charge in [-0.25, -0.2) is 0 Å². The van der Waals surface area contributed by atoms with Crippen LogP contribution in [0.2, 0.25) is 0 Å². The average Bonchev–Trinajstić information content (AvgIpc) is 3.12. The number of rotatable bonds is 5. The maximum absolute atomic E-state index is 12.0. The van der Waals surface area contributed by atoms with Gasteiger partial charge in [-0.3, -0.25) is 19.8 Å². The lowest BCUT2D eigenvalue weighted by atomic mass is 9.90. The lowest BCUT2D eigenvalue weighted by Gasteiger charge is -2.37. The molecule has 0 bridgehead atoms. The molecule has 2 amide bonds. The molecule has 0 spiro atoms. The first-order valence-corrected chi connectivity index (χ1v) is 10.5. The summed E-state index contributed by atoms with van der Waals surface area (Å²) in [7, 11) is 0. The number of carbonyl (C=O) groups is 2. The molecule has 7 nitrogen and oxygen atoms in total. The molecule has 152 valence electrons. The second-order valence-electron chi connectivity index (χ2n) is 8.27. The van der Waals surface area contributed by atoms with Crippen molar-refractivity contribution in [2.75, 3.05) is 57.3 Å². The van der Waals surface area contributed by atoms with E-state index in [-0.39, 0.29) is 17.7 Å². The number of benzene rings is 1. The number of nitrogens with one attached hydrogen (secondary N) is 1. The molecule has 3 N–H and O–H groups in total. The molecular formula is C21H31N5O2. The Kier molecular flexibility index (Phi) is 5.94. The number of amides is 2. The Bertz CT molecular complexity index is 699. The Labute approximate surface area is 166 Å². The molecule has 0 radical (unpaired) electrons. The smallest absolute Gasteiger partial charge is 0.234 e. The summed E-state index contributed by atoms with van der Waals surface area (Å²) in [5.41, 5.74) is 8.20. The summed E-state index contributed by atoms with van der Waals surface area (Å²) >= 11 is 0. The van der Waals surface area contributed by atoms with Gasteiger partial charge in [0.05, 0.1) is 5.92 Å². The van der Waals surface area contributed by atoms with Crippen molar-refractivity contribution >= 4 is 17.5 Å². The summed E-state index contributed by atoms with van der Waals surface area (Å²) in [5, 5.41) is 2.44. The zero-order valence-electron chi connectivity index (χ0n) is 16.5. The molecule has 1 aromatic rings. The van der Waals surface area contributed by atoms with Crippen molar-refractivity contribution in [3.8, 4) is 0 Å². The van der Waals surface area contributed by atoms with Gasteiger partial charge in [-0.1, -0.05) is 12.1 Å². The van der Waals surface area contributed by atoms with Crippen molar-refractivity contribution in [3.05, 3.63) is 29.8 Å². The van der Waals surface area contributed by atoms with Crippen LogP contribution in [-0.2, 0) is 9.59 Å². The van der Waals surface area contributed by atoms with Crippen LogP contribution in [0.3, 0.4) is 0 Å². The summed E-state index contributed by atoms with van der Waals surface area (Å²) < 4.78 is 0. The summed E-state index contributed by atoms with van der Waals surface area (Å²) in [5.74, 6) is -0.540. The molecule has 1 aromatic carbocycles. The van der Waals surface area contributed by atoms with Crippen LogP contribution in [-0.4, -0.2) is 80.0 Å². The lowest BCUT2D eigenvalue weighted by molar-refractivity contribution is -0.134. The maximum Gasteiger partial charge on any atom is 0.234 e. The monoisotopic (exact) mass is 385 g/mol. The summed E-state index contributed by atoms with van der Waals surface area (Å²) in [6.07, 6.45) is 2.15. The molecule has 0 aliphatic carbocycles. The van der Waals surface area contributed by atoms with Gasteiger partial charge in [0.2, 0.25) is 11.8 Å². The molecule has 0 aromatic heterocycles. The number of carbonyl (C=O) groups excluding carboxylic acids is 2. The highest BCUT2D eigenvalue weighted by Crippen LogP contribution is 2.27. The average molecular weight is 386 g/mol. The van der Waals surface area contributed by atoms with Crippen LogP contribution in [0.4, 0.5) is 5.69 Å². The third kappa shape index (κ3) is 4.54. The number of nitrogens with two attached hydrogens (primary N) is 1. The molecule has 3 fully saturated rings. The highest BCUT2D eigenvalue weighted by Gasteiger charge is 2.28. The van der Waals surface area contributed by atoms with Crippen LogP contribution in [0.1, 0.15) is 30.7 Å². The minimum Gasteiger partial charge on any atom is -0.369 e. The van der Waals surface area contributed by atoms with Gasteiger partial charge in [-0.2, -0.15) is 0 Å². The van der Waals surface area contributed by atoms with E-state index in [0.29, 0.717) is 18.9 Å². The summed E-state index contributed by atoms with van der Waals surface area (Å²) in [6.45, 7) is 8.63. The number of nitrogens with zero attached hydrogens (tertiary/aromatic N) is 3. The number of hydrogen-bond donors (Lipinski definition) is 2. The van der Waals surface area contributed by atoms with Crippen LogP contribution < -0.4 is 16.0 Å². The third-order valence-electron chi connectivity index (χ3n) is 6.31. The first kappa shape index (κ1) is 19.4. The summed E-state index contributed by atoms with van der Waals surface area (Å²) in [4.78, 5) is 30.8. The topological polar surface area (TPSA) is 81.9 Å². The quantitative estimate of drug-likeness (QED) is 0.713. The van der Waals surface area contributed by atoms with E-state index in [1.165, 1.54) is 5.69 Å². The van der Waals surface area contributed by atoms with Crippen LogP contribution in [0.5, 0.6) is 0 Å². The van der Waals surface area contributed by atoms with Gasteiger partial charge in [0, 0.05) is 64.0 Å². The fourth-order valence-electron chi connectivity index (χ4n) is 4.51. The van der Waals surface area contributed by atoms with E-state index in [2.05, 4.69) is 32.1 Å². The van der Waals surface area contributed by atoms with Crippen molar-refractivity contribution in [2.45, 2.75) is 31.2 Å². The minimum absolute atomic E-state index is 0.164. The Morgan fingerprint density at radius 1 is 0.929 bits per heavy atom. The van der Waals surface area contributed by atoms with E-state index in [0.717, 1.165) is 64.3 Å². The normalized spacial score (nSPS) is 27.2. The van der Waals surface area contributed by atoms with Crippen LogP contribution in [0, 0.1) is 0 Å². The van der Waals surface area contributed by atoms with Crippen molar-refractivity contribution in [3.63, 3.8) is 0 Å². The third-order valence-corrected chi connectivity index (χ3v) is 6.31. The fraction of sp³-hybridized carbons (Fsp3) is 0.619. The standard InChI is InChI=1S/C21H31N5O2/c22-17-7-8-25(15-17)10-9-24-11-13-26(14-12-24)18-3-1-16(2-4-18)19-5-6-20(27)23-21(19)28/h1-4,17,19H,5-15,22H2,(H,23,27,28)/t17-,19?/m1/s1. The molecule has 3 aliphatic heterocycles. The Hall–Kier alpha value is -1.96. The molecular weight excluding hydrogens is 354 g/mol. The second-order valence-corrected chi connectivity index (χ2v) is 8.27. The van der Waals surface area contributed by atoms with E-state index >= 15 is 0 Å². The van der Waals surface area contributed by atoms with E-state index in [9.17, 15) is 9.59 Å². The number of piperidine rings is 1. The first-order valence-electron chi connectivity index (χ1n) is 10.5. The van der Waals surface area contributed by atoms with Crippen molar-refractivity contribution in [2.24, 2.45) is 5.73 Å². The van der Waals surface area contributed by atoms with E-state index in [1.807, 2.05) is 12.1 Å². The predicted molar refractivity (Wildman–Crippen MR) is 109 cm³/mol. The van der Waals surface area contributed by atoms with E-state index in [1.54, 1.807) is 0 Å². The maximum atomic E-state index is 12.0. The Morgan fingerprint density at radius 2 is 1.64 bits per heavy atom. The predicted octanol–water partition coefficient (Wildman–Crippen LogP) is 0.362. The van der Waals surface area contributed by atoms with Gasteiger partial charge >= 0.3 is 0 Å². The molecule has 3 heterocycles. The number of piperazine rings is 1. The highest BCUT2D eigenvalue weighted by atomic mass is 16.2. The van der Waals surface area contributed by atoms with Gasteiger partial charge in [0.1, 0.15) is 0 Å². The molecule has 28 heavy (non-hydrogen) atoms. The zero-order valence-corrected chi connectivity index (χ0v) is 16.5. The Balaban J connectivity index is 1.25. The van der Waals surface area contributed by atoms with Gasteiger partial charge in [0.25, 0.3) is 0 Å².